The number of anilines is 2. The summed E-state index contributed by atoms with van der Waals surface area (Å²) < 4.78 is 34.4. The van der Waals surface area contributed by atoms with Crippen molar-refractivity contribution >= 4 is 23.4 Å². The fourth-order valence-electron chi connectivity index (χ4n) is 4.94. The minimum absolute atomic E-state index is 0.00485. The van der Waals surface area contributed by atoms with Crippen LogP contribution in [0.2, 0.25) is 0 Å². The number of benzene rings is 2. The summed E-state index contributed by atoms with van der Waals surface area (Å²) in [5, 5.41) is 21.7. The van der Waals surface area contributed by atoms with Crippen LogP contribution in [0.1, 0.15) is 22.5 Å². The Hall–Kier alpha value is -4.32. The second kappa shape index (κ2) is 9.62. The Morgan fingerprint density at radius 3 is 2.65 bits per heavy atom. The number of hydrogen-bond donors (Lipinski definition) is 3. The van der Waals surface area contributed by atoms with Crippen molar-refractivity contribution in [2.45, 2.75) is 25.1 Å². The van der Waals surface area contributed by atoms with E-state index >= 15 is 0 Å². The summed E-state index contributed by atoms with van der Waals surface area (Å²) in [5.74, 6) is -1.89. The Balaban J connectivity index is 1.46. The number of carbonyl (C=O) groups excluding carboxylic acids is 1. The number of amides is 2. The van der Waals surface area contributed by atoms with Crippen molar-refractivity contribution in [2.75, 3.05) is 30.4 Å². The quantitative estimate of drug-likeness (QED) is 0.461. The molecule has 10 nitrogen and oxygen atoms in total. The van der Waals surface area contributed by atoms with Gasteiger partial charge < -0.3 is 30.1 Å². The molecule has 5 rings (SSSR count). The molecular formula is C25H23F2N5O5. The zero-order valence-corrected chi connectivity index (χ0v) is 19.7. The van der Waals surface area contributed by atoms with Gasteiger partial charge in [-0.25, -0.2) is 23.5 Å². The van der Waals surface area contributed by atoms with Crippen LogP contribution in [-0.2, 0) is 6.61 Å². The molecular weight excluding hydrogens is 488 g/mol. The molecule has 0 saturated carbocycles. The van der Waals surface area contributed by atoms with Gasteiger partial charge in [0.15, 0.2) is 5.82 Å². The van der Waals surface area contributed by atoms with Crippen molar-refractivity contribution in [3.63, 3.8) is 0 Å². The molecule has 2 atom stereocenters. The van der Waals surface area contributed by atoms with Gasteiger partial charge in [0.05, 0.1) is 36.7 Å². The molecule has 0 radical (unpaired) electrons. The Bertz CT molecular complexity index is 1390. The summed E-state index contributed by atoms with van der Waals surface area (Å²) in [6.07, 6.45) is 0.909. The minimum Gasteiger partial charge on any atom is -0.496 e. The molecule has 2 bridgehead atoms. The zero-order valence-electron chi connectivity index (χ0n) is 19.7. The molecule has 0 unspecified atom stereocenters. The van der Waals surface area contributed by atoms with E-state index in [0.29, 0.717) is 18.7 Å². The number of hydrogen-bond acceptors (Lipinski definition) is 7. The fourth-order valence-corrected chi connectivity index (χ4v) is 4.94. The van der Waals surface area contributed by atoms with Crippen molar-refractivity contribution in [3.8, 4) is 17.1 Å². The molecule has 192 valence electrons. The summed E-state index contributed by atoms with van der Waals surface area (Å²) in [5.41, 5.74) is 0.545. The number of methoxy groups -OCH3 is 1. The van der Waals surface area contributed by atoms with Gasteiger partial charge in [0.1, 0.15) is 23.1 Å². The predicted octanol–water partition coefficient (Wildman–Crippen LogP) is 3.12. The molecule has 0 aliphatic carbocycles. The maximum Gasteiger partial charge on any atom is 0.407 e. The van der Waals surface area contributed by atoms with Crippen LogP contribution in [0.3, 0.4) is 0 Å². The Kier molecular flexibility index (Phi) is 6.34. The number of fused-ring (bicyclic) bond motifs is 2. The lowest BCUT2D eigenvalue weighted by atomic mass is 10.1. The van der Waals surface area contributed by atoms with Gasteiger partial charge in [0.2, 0.25) is 0 Å². The normalized spacial score (nSPS) is 18.3. The number of ether oxygens (including phenoxy) is 1. The van der Waals surface area contributed by atoms with E-state index < -0.39 is 30.2 Å². The van der Waals surface area contributed by atoms with Crippen molar-refractivity contribution in [1.29, 1.82) is 0 Å². The number of aromatic nitrogens is 2. The van der Waals surface area contributed by atoms with Gasteiger partial charge in [-0.3, -0.25) is 4.79 Å². The van der Waals surface area contributed by atoms with Crippen LogP contribution >= 0.6 is 0 Å². The monoisotopic (exact) mass is 511 g/mol. The van der Waals surface area contributed by atoms with Crippen LogP contribution in [0.25, 0.3) is 11.4 Å². The first kappa shape index (κ1) is 24.4. The average Bonchev–Trinajstić information content (AvgIpc) is 3.50. The number of halogens is 2. The number of likely N-dealkylation sites (tertiary alicyclic amines) is 1. The number of piperazine rings is 1. The molecule has 2 fully saturated rings. The lowest BCUT2D eigenvalue weighted by Crippen LogP contribution is -2.48. The number of nitrogens with one attached hydrogen (secondary N) is 1. The molecule has 2 amide bonds. The van der Waals surface area contributed by atoms with Crippen LogP contribution in [0, 0.1) is 11.6 Å². The van der Waals surface area contributed by atoms with Crippen molar-refractivity contribution in [1.82, 2.24) is 14.9 Å². The number of aliphatic hydroxyl groups is 1. The third-order valence-corrected chi connectivity index (χ3v) is 6.69. The van der Waals surface area contributed by atoms with Crippen LogP contribution in [0.5, 0.6) is 5.75 Å². The van der Waals surface area contributed by atoms with Gasteiger partial charge >= 0.3 is 6.09 Å². The molecule has 37 heavy (non-hydrogen) atoms. The molecule has 12 heteroatoms. The van der Waals surface area contributed by atoms with Crippen molar-refractivity contribution < 1.29 is 33.3 Å². The van der Waals surface area contributed by atoms with Crippen LogP contribution < -0.4 is 15.0 Å². The second-order valence-electron chi connectivity index (χ2n) is 8.79. The number of nitrogens with zero attached hydrogens (tertiary/aromatic N) is 4. The van der Waals surface area contributed by atoms with Gasteiger partial charge in [-0.2, -0.15) is 0 Å². The van der Waals surface area contributed by atoms with Gasteiger partial charge in [-0.1, -0.05) is 6.07 Å². The fraction of sp³-hybridized carbons (Fsp3) is 0.280. The van der Waals surface area contributed by atoms with E-state index in [-0.39, 0.29) is 52.7 Å². The Morgan fingerprint density at radius 1 is 1.16 bits per heavy atom. The predicted molar refractivity (Wildman–Crippen MR) is 129 cm³/mol. The van der Waals surface area contributed by atoms with Gasteiger partial charge in [-0.05, 0) is 36.8 Å². The van der Waals surface area contributed by atoms with E-state index in [9.17, 15) is 28.6 Å². The molecule has 2 saturated heterocycles. The summed E-state index contributed by atoms with van der Waals surface area (Å²) in [7, 11) is 1.38. The Labute approximate surface area is 210 Å². The van der Waals surface area contributed by atoms with E-state index in [1.807, 2.05) is 4.90 Å². The SMILES string of the molecule is COc1cccc(F)c1-c1nccc(C(=O)Nc2cc(F)c(CO)cc2N2C[C@@H]3C[C@H]2CN3C(=O)O)n1. The number of aliphatic hydroxyl groups excluding tert-OH is 1. The molecule has 3 aromatic rings. The van der Waals surface area contributed by atoms with Crippen LogP contribution in [-0.4, -0.2) is 69.4 Å². The molecule has 3 heterocycles. The second-order valence-corrected chi connectivity index (χ2v) is 8.79. The molecule has 2 aliphatic heterocycles. The summed E-state index contributed by atoms with van der Waals surface area (Å²) in [6.45, 7) is 0.0933. The number of rotatable bonds is 6. The number of carboxylic acid groups (broad SMARTS) is 1. The molecule has 3 N–H and O–H groups in total. The maximum absolute atomic E-state index is 14.6. The van der Waals surface area contributed by atoms with Gasteiger partial charge in [0, 0.05) is 30.9 Å². The average molecular weight is 511 g/mol. The molecule has 0 spiro atoms. The van der Waals surface area contributed by atoms with E-state index in [1.165, 1.54) is 42.5 Å². The highest BCUT2D eigenvalue weighted by atomic mass is 19.1. The highest BCUT2D eigenvalue weighted by Crippen LogP contribution is 2.39. The summed E-state index contributed by atoms with van der Waals surface area (Å²) >= 11 is 0. The lowest BCUT2D eigenvalue weighted by molar-refractivity contribution is 0.102. The smallest absolute Gasteiger partial charge is 0.407 e. The third kappa shape index (κ3) is 4.40. The Morgan fingerprint density at radius 2 is 1.97 bits per heavy atom. The van der Waals surface area contributed by atoms with Gasteiger partial charge in [0.25, 0.3) is 5.91 Å². The topological polar surface area (TPSA) is 128 Å². The highest BCUT2D eigenvalue weighted by molar-refractivity contribution is 6.05. The lowest BCUT2D eigenvalue weighted by Gasteiger charge is -2.35. The van der Waals surface area contributed by atoms with E-state index in [4.69, 9.17) is 4.74 Å². The zero-order chi connectivity index (χ0) is 26.3. The molecule has 2 aliphatic rings. The first-order valence-electron chi connectivity index (χ1n) is 11.5. The van der Waals surface area contributed by atoms with Crippen LogP contribution in [0.4, 0.5) is 25.0 Å². The first-order valence-corrected chi connectivity index (χ1v) is 11.5. The minimum atomic E-state index is -0.998. The van der Waals surface area contributed by atoms with Gasteiger partial charge in [-0.15, -0.1) is 0 Å². The van der Waals surface area contributed by atoms with E-state index in [2.05, 4.69) is 15.3 Å². The highest BCUT2D eigenvalue weighted by Gasteiger charge is 2.46. The van der Waals surface area contributed by atoms with Crippen LogP contribution in [0.15, 0.2) is 42.6 Å². The summed E-state index contributed by atoms with van der Waals surface area (Å²) in [6, 6.07) is 7.76. The van der Waals surface area contributed by atoms with E-state index in [0.717, 1.165) is 6.07 Å². The number of carbonyl (C=O) groups is 2. The molecule has 1 aromatic heterocycles. The van der Waals surface area contributed by atoms with Crippen molar-refractivity contribution in [3.05, 3.63) is 65.5 Å². The third-order valence-electron chi connectivity index (χ3n) is 6.69. The standard InChI is InChI=1S/C25H23F2N5O5/c1-37-21-4-2-3-16(26)22(21)23-28-6-5-18(29-23)24(34)30-19-9-17(27)13(12-33)7-20(19)31-10-15-8-14(31)11-32(15)25(35)36/h2-7,9,14-15,33H,8,10-12H2,1H3,(H,30,34)(H,35,36)/t14-,15-/m0/s1. The summed E-state index contributed by atoms with van der Waals surface area (Å²) in [4.78, 5) is 36.2. The first-order chi connectivity index (χ1) is 17.8. The maximum atomic E-state index is 14.6. The largest absolute Gasteiger partial charge is 0.496 e. The molecule has 2 aromatic carbocycles. The van der Waals surface area contributed by atoms with Crippen molar-refractivity contribution in [2.24, 2.45) is 0 Å². The van der Waals surface area contributed by atoms with E-state index in [1.54, 1.807) is 6.07 Å².